The van der Waals surface area contributed by atoms with E-state index in [1.54, 1.807) is 12.1 Å². The molecule has 1 aromatic rings. The molecule has 2 unspecified atom stereocenters. The zero-order valence-electron chi connectivity index (χ0n) is 11.6. The summed E-state index contributed by atoms with van der Waals surface area (Å²) in [5, 5.41) is 0. The van der Waals surface area contributed by atoms with Gasteiger partial charge < -0.3 is 10.6 Å². The van der Waals surface area contributed by atoms with E-state index in [0.29, 0.717) is 13.0 Å². The van der Waals surface area contributed by atoms with Gasteiger partial charge in [-0.15, -0.1) is 0 Å². The highest BCUT2D eigenvalue weighted by Gasteiger charge is 2.42. The first kappa shape index (κ1) is 14.4. The number of nitrogens with zero attached hydrogens (tertiary/aromatic N) is 1. The predicted molar refractivity (Wildman–Crippen MR) is 73.2 cm³/mol. The maximum Gasteiger partial charge on any atom is 0.277 e. The van der Waals surface area contributed by atoms with Crippen molar-refractivity contribution >= 4 is 0 Å². The predicted octanol–water partition coefficient (Wildman–Crippen LogP) is 3.14. The van der Waals surface area contributed by atoms with Gasteiger partial charge in [0.25, 0.3) is 5.92 Å². The van der Waals surface area contributed by atoms with Crippen molar-refractivity contribution in [3.05, 3.63) is 35.4 Å². The molecule has 2 rings (SSSR count). The highest BCUT2D eigenvalue weighted by Crippen LogP contribution is 2.40. The van der Waals surface area contributed by atoms with Gasteiger partial charge in [-0.05, 0) is 38.9 Å². The van der Waals surface area contributed by atoms with E-state index in [2.05, 4.69) is 0 Å². The van der Waals surface area contributed by atoms with E-state index >= 15 is 0 Å². The maximum absolute atomic E-state index is 14.5. The molecule has 0 aromatic heterocycles. The molecule has 1 saturated heterocycles. The Balaban J connectivity index is 2.18. The second-order valence-electron chi connectivity index (χ2n) is 5.64. The lowest BCUT2D eigenvalue weighted by molar-refractivity contribution is -0.0864. The highest BCUT2D eigenvalue weighted by atomic mass is 19.3. The summed E-state index contributed by atoms with van der Waals surface area (Å²) in [5.74, 6) is -3.35. The van der Waals surface area contributed by atoms with Crippen molar-refractivity contribution in [3.63, 3.8) is 0 Å². The smallest absolute Gasteiger partial charge is 0.277 e. The number of benzene rings is 1. The van der Waals surface area contributed by atoms with Gasteiger partial charge in [-0.25, -0.2) is 8.78 Å². The van der Waals surface area contributed by atoms with Crippen molar-refractivity contribution in [1.82, 2.24) is 4.90 Å². The largest absolute Gasteiger partial charge is 0.324 e. The third-order valence-electron chi connectivity index (χ3n) is 3.96. The van der Waals surface area contributed by atoms with Crippen LogP contribution in [-0.2, 0) is 5.92 Å². The van der Waals surface area contributed by atoms with E-state index in [4.69, 9.17) is 5.73 Å². The van der Waals surface area contributed by atoms with Gasteiger partial charge in [-0.2, -0.15) is 0 Å². The number of rotatable bonds is 3. The fourth-order valence-corrected chi connectivity index (χ4v) is 2.71. The number of halogens is 2. The fourth-order valence-electron chi connectivity index (χ4n) is 2.71. The van der Waals surface area contributed by atoms with E-state index in [0.717, 1.165) is 18.5 Å². The number of hydrogen-bond donors (Lipinski definition) is 1. The van der Waals surface area contributed by atoms with Crippen LogP contribution >= 0.6 is 0 Å². The van der Waals surface area contributed by atoms with Crippen LogP contribution in [0.2, 0.25) is 0 Å². The van der Waals surface area contributed by atoms with Crippen LogP contribution in [0.4, 0.5) is 8.78 Å². The number of likely N-dealkylation sites (tertiary alicyclic amines) is 1. The Bertz CT molecular complexity index is 415. The van der Waals surface area contributed by atoms with Crippen LogP contribution in [0.25, 0.3) is 0 Å². The molecule has 106 valence electrons. The van der Waals surface area contributed by atoms with Crippen LogP contribution in [0.1, 0.15) is 36.9 Å². The molecular formula is C15H22F2N2. The third kappa shape index (κ3) is 3.12. The summed E-state index contributed by atoms with van der Waals surface area (Å²) >= 11 is 0. The van der Waals surface area contributed by atoms with E-state index < -0.39 is 11.8 Å². The van der Waals surface area contributed by atoms with Crippen LogP contribution in [0, 0.1) is 5.92 Å². The highest BCUT2D eigenvalue weighted by molar-refractivity contribution is 5.28. The Hall–Kier alpha value is -1.00. The summed E-state index contributed by atoms with van der Waals surface area (Å²) < 4.78 is 29.0. The lowest BCUT2D eigenvalue weighted by atomic mass is 9.87. The molecule has 0 radical (unpaired) electrons. The molecule has 0 saturated carbocycles. The van der Waals surface area contributed by atoms with Crippen LogP contribution in [0.15, 0.2) is 24.3 Å². The first-order valence-corrected chi connectivity index (χ1v) is 6.83. The molecular weight excluding hydrogens is 246 g/mol. The SMILES string of the molecule is CC(N)c1ccc(C(F)(F)C2CCCN(C)C2)cc1. The third-order valence-corrected chi connectivity index (χ3v) is 3.96. The standard InChI is InChI=1S/C15H22F2N2/c1-11(18)12-5-7-13(8-6-12)15(16,17)14-4-3-9-19(2)10-14/h5-8,11,14H,3-4,9-10,18H2,1-2H3. The van der Waals surface area contributed by atoms with Gasteiger partial charge in [0.1, 0.15) is 0 Å². The molecule has 0 amide bonds. The molecule has 0 bridgehead atoms. The summed E-state index contributed by atoms with van der Waals surface area (Å²) in [4.78, 5) is 1.98. The van der Waals surface area contributed by atoms with Crippen molar-refractivity contribution in [2.45, 2.75) is 31.7 Å². The van der Waals surface area contributed by atoms with Gasteiger partial charge in [0.2, 0.25) is 0 Å². The summed E-state index contributed by atoms with van der Waals surface area (Å²) in [6, 6.07) is 6.34. The van der Waals surface area contributed by atoms with E-state index in [1.807, 2.05) is 18.9 Å². The number of nitrogens with two attached hydrogens (primary N) is 1. The van der Waals surface area contributed by atoms with Crippen LogP contribution < -0.4 is 5.73 Å². The van der Waals surface area contributed by atoms with Crippen LogP contribution in [0.3, 0.4) is 0 Å². The minimum atomic E-state index is -2.76. The summed E-state index contributed by atoms with van der Waals surface area (Å²) in [6.07, 6.45) is 1.43. The Morgan fingerprint density at radius 1 is 1.32 bits per heavy atom. The minimum Gasteiger partial charge on any atom is -0.324 e. The Morgan fingerprint density at radius 2 is 1.95 bits per heavy atom. The molecule has 1 heterocycles. The molecule has 1 aliphatic rings. The normalized spacial score (nSPS) is 23.3. The van der Waals surface area contributed by atoms with E-state index in [-0.39, 0.29) is 11.6 Å². The number of hydrogen-bond acceptors (Lipinski definition) is 2. The zero-order chi connectivity index (χ0) is 14.0. The van der Waals surface area contributed by atoms with Gasteiger partial charge in [0.05, 0.1) is 0 Å². The molecule has 2 nitrogen and oxygen atoms in total. The second kappa shape index (κ2) is 5.55. The monoisotopic (exact) mass is 268 g/mol. The molecule has 0 aliphatic carbocycles. The van der Waals surface area contributed by atoms with E-state index in [1.165, 1.54) is 12.1 Å². The van der Waals surface area contributed by atoms with Crippen molar-refractivity contribution in [2.75, 3.05) is 20.1 Å². The first-order valence-electron chi connectivity index (χ1n) is 6.83. The van der Waals surface area contributed by atoms with Gasteiger partial charge in [-0.1, -0.05) is 24.3 Å². The lowest BCUT2D eigenvalue weighted by Crippen LogP contribution is -2.40. The quantitative estimate of drug-likeness (QED) is 0.912. The molecule has 1 aliphatic heterocycles. The Kier molecular flexibility index (Phi) is 4.21. The number of piperidine rings is 1. The van der Waals surface area contributed by atoms with Crippen molar-refractivity contribution < 1.29 is 8.78 Å². The fraction of sp³-hybridized carbons (Fsp3) is 0.600. The average Bonchev–Trinajstić information content (AvgIpc) is 2.39. The zero-order valence-corrected chi connectivity index (χ0v) is 11.6. The van der Waals surface area contributed by atoms with Gasteiger partial charge in [0.15, 0.2) is 0 Å². The van der Waals surface area contributed by atoms with Crippen molar-refractivity contribution in [1.29, 1.82) is 0 Å². The molecule has 4 heteroatoms. The molecule has 1 fully saturated rings. The van der Waals surface area contributed by atoms with Gasteiger partial charge in [-0.3, -0.25) is 0 Å². The summed E-state index contributed by atoms with van der Waals surface area (Å²) in [5.41, 5.74) is 6.74. The molecule has 19 heavy (non-hydrogen) atoms. The summed E-state index contributed by atoms with van der Waals surface area (Å²) in [7, 11) is 1.90. The molecule has 0 spiro atoms. The minimum absolute atomic E-state index is 0.109. The molecule has 2 N–H and O–H groups in total. The van der Waals surface area contributed by atoms with Crippen molar-refractivity contribution in [2.24, 2.45) is 11.7 Å². The Labute approximate surface area is 113 Å². The van der Waals surface area contributed by atoms with E-state index in [9.17, 15) is 8.78 Å². The topological polar surface area (TPSA) is 29.3 Å². The van der Waals surface area contributed by atoms with Gasteiger partial charge in [0, 0.05) is 24.1 Å². The van der Waals surface area contributed by atoms with Crippen LogP contribution in [0.5, 0.6) is 0 Å². The van der Waals surface area contributed by atoms with Gasteiger partial charge >= 0.3 is 0 Å². The first-order chi connectivity index (χ1) is 8.91. The second-order valence-corrected chi connectivity index (χ2v) is 5.64. The Morgan fingerprint density at radius 3 is 2.47 bits per heavy atom. The molecule has 1 aromatic carbocycles. The number of alkyl halides is 2. The average molecular weight is 268 g/mol. The molecule has 2 atom stereocenters. The van der Waals surface area contributed by atoms with Crippen molar-refractivity contribution in [3.8, 4) is 0 Å². The van der Waals surface area contributed by atoms with Crippen LogP contribution in [-0.4, -0.2) is 25.0 Å². The lowest BCUT2D eigenvalue weighted by Gasteiger charge is -2.35. The maximum atomic E-state index is 14.5. The summed E-state index contributed by atoms with van der Waals surface area (Å²) in [6.45, 7) is 3.22.